The minimum Gasteiger partial charge on any atom is -0.506 e. The van der Waals surface area contributed by atoms with Gasteiger partial charge < -0.3 is 20.3 Å². The molecule has 1 heterocycles. The molecule has 1 amide bonds. The number of phenols is 1. The molecule has 3 aromatic rings. The van der Waals surface area contributed by atoms with E-state index >= 15 is 0 Å². The number of unbranched alkanes of at least 4 members (excludes halogenated alkanes) is 2. The minimum absolute atomic E-state index is 0.113. The molecule has 1 saturated carbocycles. The predicted octanol–water partition coefficient (Wildman–Crippen LogP) is 5.53. The summed E-state index contributed by atoms with van der Waals surface area (Å²) in [6, 6.07) is 10.6. The summed E-state index contributed by atoms with van der Waals surface area (Å²) in [5.74, 6) is 0.124. The lowest BCUT2D eigenvalue weighted by molar-refractivity contribution is -0.134. The van der Waals surface area contributed by atoms with E-state index in [1.165, 1.54) is 25.3 Å². The molecule has 8 heteroatoms. The highest BCUT2D eigenvalue weighted by Gasteiger charge is 2.24. The zero-order valence-electron chi connectivity index (χ0n) is 21.4. The third kappa shape index (κ3) is 7.89. The van der Waals surface area contributed by atoms with Gasteiger partial charge in [0.2, 0.25) is 5.91 Å². The maximum atomic E-state index is 13.3. The van der Waals surface area contributed by atoms with Gasteiger partial charge in [0.1, 0.15) is 17.1 Å². The van der Waals surface area contributed by atoms with E-state index in [0.29, 0.717) is 24.5 Å². The fraction of sp³-hybridized carbons (Fsp3) is 0.517. The fourth-order valence-corrected chi connectivity index (χ4v) is 6.23. The normalized spacial score (nSPS) is 14.3. The van der Waals surface area contributed by atoms with Crippen LogP contribution in [0.4, 0.5) is 4.39 Å². The second-order valence-corrected chi connectivity index (χ2v) is 11.0. The number of aromatic amines is 1. The van der Waals surface area contributed by atoms with Crippen LogP contribution in [0.3, 0.4) is 0 Å². The van der Waals surface area contributed by atoms with Crippen molar-refractivity contribution in [3.8, 4) is 5.75 Å². The summed E-state index contributed by atoms with van der Waals surface area (Å²) in [7, 11) is 0. The molecule has 1 aliphatic carbocycles. The van der Waals surface area contributed by atoms with Gasteiger partial charge in [-0.15, -0.1) is 0 Å². The molecule has 1 aromatic heterocycles. The zero-order chi connectivity index (χ0) is 26.0. The number of aromatic nitrogens is 1. The Balaban J connectivity index is 1.22. The molecule has 0 spiro atoms. The van der Waals surface area contributed by atoms with Crippen molar-refractivity contribution in [3.63, 3.8) is 0 Å². The van der Waals surface area contributed by atoms with E-state index in [9.17, 15) is 19.1 Å². The molecular formula is C29H38FN3O3S. The molecule has 3 N–H and O–H groups in total. The van der Waals surface area contributed by atoms with Crippen LogP contribution < -0.4 is 10.2 Å². The van der Waals surface area contributed by atoms with Crippen LogP contribution in [-0.4, -0.2) is 46.6 Å². The third-order valence-corrected chi connectivity index (χ3v) is 8.27. The Bertz CT molecular complexity index is 1220. The van der Waals surface area contributed by atoms with Gasteiger partial charge in [-0.3, -0.25) is 9.59 Å². The Kier molecular flexibility index (Phi) is 10.1. The number of carbonyl (C=O) groups excluding carboxylic acids is 1. The van der Waals surface area contributed by atoms with E-state index in [4.69, 9.17) is 0 Å². The molecule has 6 nitrogen and oxygen atoms in total. The van der Waals surface area contributed by atoms with Crippen LogP contribution in [0.5, 0.6) is 5.75 Å². The van der Waals surface area contributed by atoms with Crippen molar-refractivity contribution in [3.05, 3.63) is 63.0 Å². The monoisotopic (exact) mass is 527 g/mol. The number of phenolic OH excluding ortho intramolecular Hbond substituents is 1. The number of thiazole rings is 1. The number of nitrogens with one attached hydrogen (secondary N) is 2. The van der Waals surface area contributed by atoms with Crippen molar-refractivity contribution in [2.45, 2.75) is 76.7 Å². The lowest BCUT2D eigenvalue weighted by atomic mass is 9.93. The Morgan fingerprint density at radius 1 is 1.08 bits per heavy atom. The number of amides is 1. The molecule has 0 saturated heterocycles. The Morgan fingerprint density at radius 2 is 1.92 bits per heavy atom. The van der Waals surface area contributed by atoms with Crippen LogP contribution in [-0.2, 0) is 17.6 Å². The van der Waals surface area contributed by atoms with Crippen LogP contribution in [0.25, 0.3) is 10.2 Å². The quantitative estimate of drug-likeness (QED) is 0.255. The number of aryl methyl sites for hydroxylation is 1. The van der Waals surface area contributed by atoms with Crippen LogP contribution in [0.15, 0.2) is 41.2 Å². The van der Waals surface area contributed by atoms with Crippen molar-refractivity contribution < 1.29 is 14.3 Å². The van der Waals surface area contributed by atoms with Gasteiger partial charge in [0.15, 0.2) is 0 Å². The van der Waals surface area contributed by atoms with Crippen molar-refractivity contribution in [2.24, 2.45) is 0 Å². The van der Waals surface area contributed by atoms with Gasteiger partial charge >= 0.3 is 4.87 Å². The van der Waals surface area contributed by atoms with E-state index in [1.54, 1.807) is 18.2 Å². The van der Waals surface area contributed by atoms with Gasteiger partial charge in [0.05, 0.1) is 4.70 Å². The number of nitrogens with zero attached hydrogens (tertiary/aromatic N) is 1. The molecule has 2 aromatic carbocycles. The topological polar surface area (TPSA) is 85.4 Å². The van der Waals surface area contributed by atoms with E-state index < -0.39 is 0 Å². The number of benzene rings is 2. The summed E-state index contributed by atoms with van der Waals surface area (Å²) in [6.07, 6.45) is 10.8. The number of aromatic hydroxyl groups is 1. The molecule has 0 unspecified atom stereocenters. The highest BCUT2D eigenvalue weighted by atomic mass is 32.1. The van der Waals surface area contributed by atoms with Crippen LogP contribution in [0, 0.1) is 5.82 Å². The lowest BCUT2D eigenvalue weighted by Crippen LogP contribution is -2.43. The highest BCUT2D eigenvalue weighted by Crippen LogP contribution is 2.29. The SMILES string of the molecule is O=C(CCNCCc1cccc(F)c1)N(CCCCCc1ccc(O)c2[nH]c(=O)sc12)C1CCCCC1. The van der Waals surface area contributed by atoms with Crippen molar-refractivity contribution >= 4 is 27.5 Å². The summed E-state index contributed by atoms with van der Waals surface area (Å²) in [5, 5.41) is 13.3. The molecule has 1 aliphatic rings. The van der Waals surface area contributed by atoms with Gasteiger partial charge in [-0.2, -0.15) is 0 Å². The first-order valence-corrected chi connectivity index (χ1v) is 14.4. The average molecular weight is 528 g/mol. The maximum Gasteiger partial charge on any atom is 0.305 e. The summed E-state index contributed by atoms with van der Waals surface area (Å²) in [6.45, 7) is 2.14. The third-order valence-electron chi connectivity index (χ3n) is 7.32. The van der Waals surface area contributed by atoms with Gasteiger partial charge in [0.25, 0.3) is 0 Å². The molecule has 0 radical (unpaired) electrons. The van der Waals surface area contributed by atoms with Gasteiger partial charge in [-0.1, -0.05) is 55.2 Å². The second-order valence-electron chi connectivity index (χ2n) is 10.0. The number of carbonyl (C=O) groups is 1. The second kappa shape index (κ2) is 13.7. The summed E-state index contributed by atoms with van der Waals surface area (Å²) >= 11 is 1.15. The molecule has 1 fully saturated rings. The number of halogens is 1. The van der Waals surface area contributed by atoms with Gasteiger partial charge in [-0.25, -0.2) is 4.39 Å². The standard InChI is InChI=1S/C29H38FN3O3S/c30-23-10-7-8-21(20-23)15-17-31-18-16-26(35)33(24-11-4-1-5-12-24)19-6-2-3-9-22-13-14-25(34)27-28(22)37-29(36)32-27/h7-8,10,13-14,20,24,31,34H,1-6,9,11-12,15-19H2,(H,32,36). The lowest BCUT2D eigenvalue weighted by Gasteiger charge is -2.34. The number of H-pyrrole nitrogens is 1. The zero-order valence-corrected chi connectivity index (χ0v) is 22.3. The Hall–Kier alpha value is -2.71. The number of hydrogen-bond donors (Lipinski definition) is 3. The fourth-order valence-electron chi connectivity index (χ4n) is 5.34. The first kappa shape index (κ1) is 27.3. The van der Waals surface area contributed by atoms with Crippen molar-refractivity contribution in [1.29, 1.82) is 0 Å². The maximum absolute atomic E-state index is 13.3. The highest BCUT2D eigenvalue weighted by molar-refractivity contribution is 7.16. The Labute approximate surface area is 221 Å². The smallest absolute Gasteiger partial charge is 0.305 e. The molecule has 0 aliphatic heterocycles. The van der Waals surface area contributed by atoms with Gasteiger partial charge in [-0.05, 0) is 74.4 Å². The Morgan fingerprint density at radius 3 is 2.73 bits per heavy atom. The summed E-state index contributed by atoms with van der Waals surface area (Å²) in [4.78, 5) is 29.6. The number of fused-ring (bicyclic) bond motifs is 1. The minimum atomic E-state index is -0.214. The van der Waals surface area contributed by atoms with E-state index in [0.717, 1.165) is 85.2 Å². The predicted molar refractivity (Wildman–Crippen MR) is 148 cm³/mol. The van der Waals surface area contributed by atoms with E-state index in [-0.39, 0.29) is 22.3 Å². The molecule has 0 bridgehead atoms. The number of hydrogen-bond acceptors (Lipinski definition) is 5. The molecule has 4 rings (SSSR count). The number of rotatable bonds is 13. The average Bonchev–Trinajstić information content (AvgIpc) is 3.30. The largest absolute Gasteiger partial charge is 0.506 e. The van der Waals surface area contributed by atoms with Crippen LogP contribution in [0.1, 0.15) is 68.9 Å². The summed E-state index contributed by atoms with van der Waals surface area (Å²) < 4.78 is 14.2. The van der Waals surface area contributed by atoms with Gasteiger partial charge in [0, 0.05) is 25.6 Å². The van der Waals surface area contributed by atoms with Crippen LogP contribution in [0.2, 0.25) is 0 Å². The first-order chi connectivity index (χ1) is 18.0. The molecule has 0 atom stereocenters. The summed E-state index contributed by atoms with van der Waals surface area (Å²) in [5.41, 5.74) is 2.58. The van der Waals surface area contributed by atoms with Crippen molar-refractivity contribution in [1.82, 2.24) is 15.2 Å². The van der Waals surface area contributed by atoms with E-state index in [2.05, 4.69) is 15.2 Å². The molecule has 200 valence electrons. The van der Waals surface area contributed by atoms with E-state index in [1.807, 2.05) is 12.1 Å². The molecular weight excluding hydrogens is 489 g/mol. The molecule has 37 heavy (non-hydrogen) atoms. The van der Waals surface area contributed by atoms with Crippen molar-refractivity contribution in [2.75, 3.05) is 19.6 Å². The van der Waals surface area contributed by atoms with Crippen LogP contribution >= 0.6 is 11.3 Å². The first-order valence-electron chi connectivity index (χ1n) is 13.6.